The number of aromatic nitrogens is 1. The largest absolute Gasteiger partial charge is 0.493 e. The molecule has 41 heavy (non-hydrogen) atoms. The average molecular weight is 661 g/mol. The van der Waals surface area contributed by atoms with E-state index in [4.69, 9.17) is 14.2 Å². The monoisotopic (exact) mass is 659 g/mol. The summed E-state index contributed by atoms with van der Waals surface area (Å²) in [6.07, 6.45) is 0. The van der Waals surface area contributed by atoms with E-state index in [0.717, 1.165) is 15.8 Å². The summed E-state index contributed by atoms with van der Waals surface area (Å²) in [7, 11) is 3.06. The van der Waals surface area contributed by atoms with Crippen molar-refractivity contribution < 1.29 is 28.6 Å². The summed E-state index contributed by atoms with van der Waals surface area (Å²) in [5, 5.41) is -0.239. The Bertz CT molecular complexity index is 1580. The quantitative estimate of drug-likeness (QED) is 0.371. The number of carbonyl (C=O) groups is 3. The van der Waals surface area contributed by atoms with Crippen LogP contribution in [-0.4, -0.2) is 73.0 Å². The van der Waals surface area contributed by atoms with Crippen LogP contribution in [0.3, 0.4) is 0 Å². The van der Waals surface area contributed by atoms with Gasteiger partial charge in [-0.2, -0.15) is 0 Å². The third-order valence-electron chi connectivity index (χ3n) is 7.56. The Morgan fingerprint density at radius 1 is 1.00 bits per heavy atom. The summed E-state index contributed by atoms with van der Waals surface area (Å²) in [5.74, 6) is -1.26. The van der Waals surface area contributed by atoms with Crippen molar-refractivity contribution in [3.05, 3.63) is 67.0 Å². The molecule has 2 saturated heterocycles. The summed E-state index contributed by atoms with van der Waals surface area (Å²) in [5.41, 5.74) is 1.19. The first kappa shape index (κ1) is 28.0. The maximum absolute atomic E-state index is 14.1. The van der Waals surface area contributed by atoms with Gasteiger partial charge in [-0.3, -0.25) is 23.7 Å². The Hall–Kier alpha value is -3.13. The molecule has 10 nitrogen and oxygen atoms in total. The molecule has 1 aromatic heterocycles. The Kier molecular flexibility index (Phi) is 7.70. The number of morpholine rings is 1. The minimum atomic E-state index is -0.782. The second kappa shape index (κ2) is 11.3. The van der Waals surface area contributed by atoms with Crippen LogP contribution in [0.4, 0.5) is 5.69 Å². The zero-order valence-corrected chi connectivity index (χ0v) is 25.4. The van der Waals surface area contributed by atoms with Crippen LogP contribution < -0.4 is 19.2 Å². The molecule has 0 aliphatic carbocycles. The van der Waals surface area contributed by atoms with Crippen molar-refractivity contribution in [3.63, 3.8) is 0 Å². The standard InChI is InChI=1S/C28H26BrN3O7S2/c1-37-18-8-3-15(13-19(18)38-2)21-22-23(26(35)32(25(22)34)17-6-4-16(29)5-7-17)40-27-24(21)41-28(36)31(27)14-20(33)30-9-11-39-12-10-30/h3-8,13,21-23H,9-12,14H2,1-2H3/t21-,22?,23?/m1/s1. The van der Waals surface area contributed by atoms with Crippen LogP contribution >= 0.6 is 39.0 Å². The highest BCUT2D eigenvalue weighted by Crippen LogP contribution is 2.54. The second-order valence-electron chi connectivity index (χ2n) is 9.76. The van der Waals surface area contributed by atoms with E-state index in [1.165, 1.54) is 35.4 Å². The van der Waals surface area contributed by atoms with E-state index in [0.29, 0.717) is 59.0 Å². The molecule has 0 N–H and O–H groups in total. The lowest BCUT2D eigenvalue weighted by Crippen LogP contribution is -2.43. The van der Waals surface area contributed by atoms with Gasteiger partial charge in [0.15, 0.2) is 11.5 Å². The molecule has 4 heterocycles. The van der Waals surface area contributed by atoms with Gasteiger partial charge in [-0.05, 0) is 42.0 Å². The van der Waals surface area contributed by atoms with Crippen LogP contribution in [0.15, 0.2) is 56.8 Å². The van der Waals surface area contributed by atoms with Gasteiger partial charge in [-0.15, -0.1) is 0 Å². The number of hydrogen-bond acceptors (Lipinski definition) is 9. The molecule has 0 spiro atoms. The van der Waals surface area contributed by atoms with Gasteiger partial charge in [-0.25, -0.2) is 4.90 Å². The number of carbonyl (C=O) groups excluding carboxylic acids is 3. The molecule has 13 heteroatoms. The molecule has 3 aliphatic rings. The van der Waals surface area contributed by atoms with Gasteiger partial charge in [0.05, 0.1) is 44.1 Å². The van der Waals surface area contributed by atoms with Crippen molar-refractivity contribution in [2.75, 3.05) is 45.4 Å². The lowest BCUT2D eigenvalue weighted by atomic mass is 9.83. The predicted molar refractivity (Wildman–Crippen MR) is 157 cm³/mol. The molecule has 2 unspecified atom stereocenters. The highest BCUT2D eigenvalue weighted by Gasteiger charge is 2.57. The van der Waals surface area contributed by atoms with Crippen molar-refractivity contribution in [1.82, 2.24) is 9.47 Å². The molecule has 6 rings (SSSR count). The Labute approximate surface area is 252 Å². The molecular weight excluding hydrogens is 634 g/mol. The normalized spacial score (nSPS) is 22.0. The van der Waals surface area contributed by atoms with E-state index in [-0.39, 0.29) is 29.1 Å². The van der Waals surface area contributed by atoms with Gasteiger partial charge < -0.3 is 19.1 Å². The molecule has 2 fully saturated rings. The van der Waals surface area contributed by atoms with Gasteiger partial charge in [0, 0.05) is 28.4 Å². The molecule has 0 saturated carbocycles. The van der Waals surface area contributed by atoms with Gasteiger partial charge in [0.25, 0.3) is 0 Å². The summed E-state index contributed by atoms with van der Waals surface area (Å²) in [6, 6.07) is 12.4. The highest BCUT2D eigenvalue weighted by atomic mass is 79.9. The second-order valence-corrected chi connectivity index (χ2v) is 12.8. The first-order chi connectivity index (χ1) is 19.8. The highest BCUT2D eigenvalue weighted by molar-refractivity contribution is 9.10. The number of fused-ring (bicyclic) bond motifs is 2. The number of thiazole rings is 1. The van der Waals surface area contributed by atoms with Crippen molar-refractivity contribution in [3.8, 4) is 11.5 Å². The van der Waals surface area contributed by atoms with Crippen LogP contribution in [-0.2, 0) is 25.7 Å². The number of rotatable bonds is 6. The topological polar surface area (TPSA) is 107 Å². The van der Waals surface area contributed by atoms with Crippen molar-refractivity contribution in [2.45, 2.75) is 22.7 Å². The third kappa shape index (κ3) is 4.88. The summed E-state index contributed by atoms with van der Waals surface area (Å²) in [4.78, 5) is 57.7. The van der Waals surface area contributed by atoms with Crippen LogP contribution in [0, 0.1) is 5.92 Å². The molecule has 2 aromatic carbocycles. The number of methoxy groups -OCH3 is 2. The summed E-state index contributed by atoms with van der Waals surface area (Å²) in [6.45, 7) is 1.67. The fraction of sp³-hybridized carbons (Fsp3) is 0.357. The smallest absolute Gasteiger partial charge is 0.308 e. The Morgan fingerprint density at radius 3 is 2.39 bits per heavy atom. The minimum Gasteiger partial charge on any atom is -0.493 e. The number of amides is 3. The molecule has 3 atom stereocenters. The summed E-state index contributed by atoms with van der Waals surface area (Å²) >= 11 is 5.61. The molecule has 0 radical (unpaired) electrons. The van der Waals surface area contributed by atoms with E-state index in [9.17, 15) is 19.2 Å². The maximum atomic E-state index is 14.1. The van der Waals surface area contributed by atoms with Gasteiger partial charge in [-0.1, -0.05) is 45.1 Å². The molecule has 3 aromatic rings. The average Bonchev–Trinajstić information content (AvgIpc) is 3.43. The van der Waals surface area contributed by atoms with Gasteiger partial charge in [0.1, 0.15) is 11.8 Å². The molecule has 3 amide bonds. The molecule has 0 bridgehead atoms. The fourth-order valence-corrected chi connectivity index (χ4v) is 8.59. The number of ether oxygens (including phenoxy) is 3. The van der Waals surface area contributed by atoms with Crippen LogP contribution in [0.25, 0.3) is 0 Å². The van der Waals surface area contributed by atoms with Crippen LogP contribution in [0.1, 0.15) is 16.4 Å². The molecular formula is C28H26BrN3O7S2. The Morgan fingerprint density at radius 2 is 1.71 bits per heavy atom. The number of halogens is 1. The lowest BCUT2D eigenvalue weighted by molar-refractivity contribution is -0.136. The lowest BCUT2D eigenvalue weighted by Gasteiger charge is -2.31. The zero-order valence-electron chi connectivity index (χ0n) is 22.2. The third-order valence-corrected chi connectivity index (χ3v) is 10.7. The first-order valence-corrected chi connectivity index (χ1v) is 15.4. The van der Waals surface area contributed by atoms with E-state index in [1.807, 2.05) is 6.07 Å². The van der Waals surface area contributed by atoms with Crippen LogP contribution in [0.5, 0.6) is 11.5 Å². The fourth-order valence-electron chi connectivity index (χ4n) is 5.55. The number of hydrogen-bond donors (Lipinski definition) is 0. The van der Waals surface area contributed by atoms with Gasteiger partial charge in [0.2, 0.25) is 17.7 Å². The Balaban J connectivity index is 1.46. The van der Waals surface area contributed by atoms with Crippen molar-refractivity contribution in [1.29, 1.82) is 0 Å². The van der Waals surface area contributed by atoms with Crippen molar-refractivity contribution >= 4 is 62.4 Å². The van der Waals surface area contributed by atoms with E-state index >= 15 is 0 Å². The number of thioether (sulfide) groups is 1. The summed E-state index contributed by atoms with van der Waals surface area (Å²) < 4.78 is 18.6. The zero-order chi connectivity index (χ0) is 28.8. The van der Waals surface area contributed by atoms with Crippen molar-refractivity contribution in [2.24, 2.45) is 5.92 Å². The maximum Gasteiger partial charge on any atom is 0.308 e. The van der Waals surface area contributed by atoms with E-state index < -0.39 is 17.1 Å². The first-order valence-electron chi connectivity index (χ1n) is 12.9. The molecule has 214 valence electrons. The number of anilines is 1. The van der Waals surface area contributed by atoms with E-state index in [1.54, 1.807) is 41.3 Å². The molecule has 3 aliphatic heterocycles. The van der Waals surface area contributed by atoms with E-state index in [2.05, 4.69) is 15.9 Å². The SMILES string of the molecule is COc1ccc([C@H]2c3sc(=O)n(CC(=O)N4CCOCC4)c3SC3C(=O)N(c4ccc(Br)cc4)C(=O)C32)cc1OC. The predicted octanol–water partition coefficient (Wildman–Crippen LogP) is 3.34. The number of imide groups is 1. The minimum absolute atomic E-state index is 0.147. The van der Waals surface area contributed by atoms with Gasteiger partial charge >= 0.3 is 4.87 Å². The van der Waals surface area contributed by atoms with Crippen LogP contribution in [0.2, 0.25) is 0 Å². The number of benzene rings is 2. The number of nitrogens with zero attached hydrogens (tertiary/aromatic N) is 3.